The number of rotatable bonds is 7. The third-order valence-corrected chi connectivity index (χ3v) is 3.50. The van der Waals surface area contributed by atoms with Gasteiger partial charge < -0.3 is 10.1 Å². The van der Waals surface area contributed by atoms with E-state index in [9.17, 15) is 4.79 Å². The summed E-state index contributed by atoms with van der Waals surface area (Å²) >= 11 is 0. The molecule has 0 saturated heterocycles. The molecule has 1 atom stereocenters. The normalized spacial score (nSPS) is 12.1. The topological polar surface area (TPSA) is 38.3 Å². The fourth-order valence-electron chi connectivity index (χ4n) is 2.27. The Bertz CT molecular complexity index is 589. The van der Waals surface area contributed by atoms with Crippen LogP contribution in [0.25, 0.3) is 10.8 Å². The van der Waals surface area contributed by atoms with E-state index < -0.39 is 6.10 Å². The van der Waals surface area contributed by atoms with Gasteiger partial charge in [-0.15, -0.1) is 0 Å². The van der Waals surface area contributed by atoms with Crippen LogP contribution in [-0.4, -0.2) is 18.6 Å². The zero-order chi connectivity index (χ0) is 15.1. The van der Waals surface area contributed by atoms with Gasteiger partial charge in [0.15, 0.2) is 6.10 Å². The highest BCUT2D eigenvalue weighted by atomic mass is 16.5. The van der Waals surface area contributed by atoms with E-state index in [0.717, 1.165) is 42.3 Å². The number of nitrogens with one attached hydrogen (secondary N) is 1. The number of ether oxygens (including phenoxy) is 1. The Morgan fingerprint density at radius 3 is 2.71 bits per heavy atom. The van der Waals surface area contributed by atoms with Crippen LogP contribution in [0.15, 0.2) is 42.5 Å². The highest BCUT2D eigenvalue weighted by Crippen LogP contribution is 2.25. The van der Waals surface area contributed by atoms with Gasteiger partial charge in [-0.3, -0.25) is 4.79 Å². The van der Waals surface area contributed by atoms with Crippen LogP contribution in [0.5, 0.6) is 5.75 Å². The molecule has 21 heavy (non-hydrogen) atoms. The quantitative estimate of drug-likeness (QED) is 0.783. The molecular formula is C18H23NO2. The van der Waals surface area contributed by atoms with Crippen molar-refractivity contribution in [2.45, 2.75) is 39.2 Å². The average molecular weight is 285 g/mol. The fourth-order valence-corrected chi connectivity index (χ4v) is 2.27. The standard InChI is InChI=1S/C18H23NO2/c1-3-4-7-13-19-18(20)14(2)21-17-12-8-10-15-9-5-6-11-16(15)17/h5-6,8-12,14H,3-4,7,13H2,1-2H3,(H,19,20). The molecule has 0 aliphatic carbocycles. The fraction of sp³-hybridized carbons (Fsp3) is 0.389. The maximum absolute atomic E-state index is 12.0. The number of fused-ring (bicyclic) bond motifs is 1. The van der Waals surface area contributed by atoms with Crippen LogP contribution in [0.4, 0.5) is 0 Å². The van der Waals surface area contributed by atoms with Crippen molar-refractivity contribution in [3.05, 3.63) is 42.5 Å². The number of hydrogen-bond acceptors (Lipinski definition) is 2. The molecule has 3 heteroatoms. The second-order valence-corrected chi connectivity index (χ2v) is 5.24. The van der Waals surface area contributed by atoms with E-state index in [0.29, 0.717) is 0 Å². The lowest BCUT2D eigenvalue weighted by molar-refractivity contribution is -0.127. The molecule has 2 aromatic rings. The van der Waals surface area contributed by atoms with E-state index in [1.807, 2.05) is 42.5 Å². The molecule has 0 aliphatic rings. The van der Waals surface area contributed by atoms with E-state index in [-0.39, 0.29) is 5.91 Å². The van der Waals surface area contributed by atoms with Crippen molar-refractivity contribution in [1.29, 1.82) is 0 Å². The Balaban J connectivity index is 1.98. The highest BCUT2D eigenvalue weighted by Gasteiger charge is 2.15. The summed E-state index contributed by atoms with van der Waals surface area (Å²) in [5.74, 6) is 0.698. The molecule has 0 bridgehead atoms. The second-order valence-electron chi connectivity index (χ2n) is 5.24. The molecule has 0 saturated carbocycles. The predicted octanol–water partition coefficient (Wildman–Crippen LogP) is 3.91. The number of hydrogen-bond donors (Lipinski definition) is 1. The van der Waals surface area contributed by atoms with Crippen molar-refractivity contribution in [3.63, 3.8) is 0 Å². The molecule has 0 fully saturated rings. The maximum atomic E-state index is 12.0. The van der Waals surface area contributed by atoms with Gasteiger partial charge in [0.05, 0.1) is 0 Å². The third-order valence-electron chi connectivity index (χ3n) is 3.50. The van der Waals surface area contributed by atoms with E-state index >= 15 is 0 Å². The number of benzene rings is 2. The first-order valence-electron chi connectivity index (χ1n) is 7.64. The Kier molecular flexibility index (Phi) is 5.61. The molecule has 3 nitrogen and oxygen atoms in total. The van der Waals surface area contributed by atoms with Crippen molar-refractivity contribution in [2.24, 2.45) is 0 Å². The van der Waals surface area contributed by atoms with E-state index in [2.05, 4.69) is 12.2 Å². The first-order chi connectivity index (χ1) is 10.2. The summed E-state index contributed by atoms with van der Waals surface area (Å²) in [4.78, 5) is 12.0. The number of carbonyl (C=O) groups excluding carboxylic acids is 1. The molecule has 2 rings (SSSR count). The zero-order valence-corrected chi connectivity index (χ0v) is 12.8. The van der Waals surface area contributed by atoms with Gasteiger partial charge in [-0.05, 0) is 24.8 Å². The Labute approximate surface area is 126 Å². The summed E-state index contributed by atoms with van der Waals surface area (Å²) in [7, 11) is 0. The Hall–Kier alpha value is -2.03. The maximum Gasteiger partial charge on any atom is 0.260 e. The first-order valence-corrected chi connectivity index (χ1v) is 7.64. The summed E-state index contributed by atoms with van der Waals surface area (Å²) in [6, 6.07) is 13.9. The van der Waals surface area contributed by atoms with Crippen LogP contribution in [-0.2, 0) is 4.79 Å². The van der Waals surface area contributed by atoms with Gasteiger partial charge in [0.1, 0.15) is 5.75 Å². The molecular weight excluding hydrogens is 262 g/mol. The van der Waals surface area contributed by atoms with Crippen LogP contribution in [0.1, 0.15) is 33.1 Å². The van der Waals surface area contributed by atoms with Gasteiger partial charge in [0.25, 0.3) is 5.91 Å². The highest BCUT2D eigenvalue weighted by molar-refractivity contribution is 5.89. The first kappa shape index (κ1) is 15.4. The summed E-state index contributed by atoms with van der Waals surface area (Å²) in [6.07, 6.45) is 2.82. The lowest BCUT2D eigenvalue weighted by Gasteiger charge is -2.16. The van der Waals surface area contributed by atoms with Crippen molar-refractivity contribution in [1.82, 2.24) is 5.32 Å². The van der Waals surface area contributed by atoms with Crippen LogP contribution < -0.4 is 10.1 Å². The van der Waals surface area contributed by atoms with Crippen molar-refractivity contribution >= 4 is 16.7 Å². The molecule has 1 unspecified atom stereocenters. The molecule has 0 heterocycles. The molecule has 0 radical (unpaired) electrons. The average Bonchev–Trinajstić information content (AvgIpc) is 2.51. The SMILES string of the molecule is CCCCCNC(=O)C(C)Oc1cccc2ccccc12. The molecule has 2 aromatic carbocycles. The monoisotopic (exact) mass is 285 g/mol. The Morgan fingerprint density at radius 2 is 1.90 bits per heavy atom. The molecule has 0 aromatic heterocycles. The molecule has 112 valence electrons. The number of carbonyl (C=O) groups is 1. The van der Waals surface area contributed by atoms with Gasteiger partial charge >= 0.3 is 0 Å². The minimum absolute atomic E-state index is 0.0564. The minimum Gasteiger partial charge on any atom is -0.480 e. The molecule has 1 amide bonds. The smallest absolute Gasteiger partial charge is 0.260 e. The lowest BCUT2D eigenvalue weighted by Crippen LogP contribution is -2.36. The molecule has 0 aliphatic heterocycles. The van der Waals surface area contributed by atoms with E-state index in [4.69, 9.17) is 4.74 Å². The van der Waals surface area contributed by atoms with Crippen LogP contribution in [0.2, 0.25) is 0 Å². The zero-order valence-electron chi connectivity index (χ0n) is 12.8. The number of unbranched alkanes of at least 4 members (excludes halogenated alkanes) is 2. The summed E-state index contributed by atoms with van der Waals surface area (Å²) < 4.78 is 5.83. The van der Waals surface area contributed by atoms with E-state index in [1.54, 1.807) is 6.92 Å². The third kappa shape index (κ3) is 4.22. The van der Waals surface area contributed by atoms with E-state index in [1.165, 1.54) is 0 Å². The van der Waals surface area contributed by atoms with Crippen LogP contribution >= 0.6 is 0 Å². The van der Waals surface area contributed by atoms with Gasteiger partial charge in [0, 0.05) is 11.9 Å². The molecule has 1 N–H and O–H groups in total. The Morgan fingerprint density at radius 1 is 1.14 bits per heavy atom. The van der Waals surface area contributed by atoms with Crippen LogP contribution in [0.3, 0.4) is 0 Å². The van der Waals surface area contributed by atoms with Crippen LogP contribution in [0, 0.1) is 0 Å². The van der Waals surface area contributed by atoms with Gasteiger partial charge in [-0.25, -0.2) is 0 Å². The summed E-state index contributed by atoms with van der Waals surface area (Å²) in [5, 5.41) is 5.07. The summed E-state index contributed by atoms with van der Waals surface area (Å²) in [6.45, 7) is 4.65. The lowest BCUT2D eigenvalue weighted by atomic mass is 10.1. The molecule has 0 spiro atoms. The largest absolute Gasteiger partial charge is 0.480 e. The van der Waals surface area contributed by atoms with Crippen molar-refractivity contribution < 1.29 is 9.53 Å². The second kappa shape index (κ2) is 7.67. The number of amides is 1. The van der Waals surface area contributed by atoms with Gasteiger partial charge in [0.2, 0.25) is 0 Å². The van der Waals surface area contributed by atoms with Gasteiger partial charge in [-0.2, -0.15) is 0 Å². The van der Waals surface area contributed by atoms with Crippen molar-refractivity contribution in [3.8, 4) is 5.75 Å². The predicted molar refractivity (Wildman–Crippen MR) is 86.6 cm³/mol. The van der Waals surface area contributed by atoms with Gasteiger partial charge in [-0.1, -0.05) is 56.2 Å². The summed E-state index contributed by atoms with van der Waals surface area (Å²) in [5.41, 5.74) is 0. The minimum atomic E-state index is -0.488. The van der Waals surface area contributed by atoms with Crippen molar-refractivity contribution in [2.75, 3.05) is 6.54 Å².